The number of carbonyl (C=O) groups excluding carboxylic acids is 1. The van der Waals surface area contributed by atoms with Gasteiger partial charge in [-0.1, -0.05) is 12.1 Å². The Morgan fingerprint density at radius 3 is 2.67 bits per heavy atom. The van der Waals surface area contributed by atoms with Crippen molar-refractivity contribution in [2.24, 2.45) is 0 Å². The number of nitrogens with one attached hydrogen (secondary N) is 2. The molecule has 0 bridgehead atoms. The zero-order valence-electron chi connectivity index (χ0n) is 15.7. The lowest BCUT2D eigenvalue weighted by atomic mass is 10.1. The highest BCUT2D eigenvalue weighted by molar-refractivity contribution is 5.95. The molecule has 0 fully saturated rings. The van der Waals surface area contributed by atoms with Crippen molar-refractivity contribution in [1.82, 2.24) is 5.32 Å². The predicted octanol–water partition coefficient (Wildman–Crippen LogP) is 2.65. The van der Waals surface area contributed by atoms with E-state index in [4.69, 9.17) is 4.74 Å². The van der Waals surface area contributed by atoms with Gasteiger partial charge in [-0.25, -0.2) is 0 Å². The number of carbonyl (C=O) groups is 1. The first-order valence-electron chi connectivity index (χ1n) is 8.48. The molecule has 0 saturated carbocycles. The lowest BCUT2D eigenvalue weighted by Gasteiger charge is -2.14. The fourth-order valence-corrected chi connectivity index (χ4v) is 2.49. The predicted molar refractivity (Wildman–Crippen MR) is 105 cm³/mol. The van der Waals surface area contributed by atoms with Crippen LogP contribution in [-0.4, -0.2) is 45.2 Å². The highest BCUT2D eigenvalue weighted by Gasteiger charge is 2.17. The lowest BCUT2D eigenvalue weighted by molar-refractivity contribution is -0.384. The van der Waals surface area contributed by atoms with E-state index in [0.717, 1.165) is 11.3 Å². The fraction of sp³-hybridized carbons (Fsp3) is 0.316. The Morgan fingerprint density at radius 2 is 2.00 bits per heavy atom. The maximum atomic E-state index is 12.4. The van der Waals surface area contributed by atoms with Gasteiger partial charge in [0.1, 0.15) is 5.69 Å². The number of ether oxygens (including phenoxy) is 1. The number of rotatable bonds is 9. The van der Waals surface area contributed by atoms with Gasteiger partial charge in [0.25, 0.3) is 11.6 Å². The van der Waals surface area contributed by atoms with Crippen LogP contribution in [0.2, 0.25) is 0 Å². The molecule has 2 aromatic carbocycles. The Bertz CT molecular complexity index is 808. The Labute approximate surface area is 158 Å². The van der Waals surface area contributed by atoms with Crippen LogP contribution in [0.25, 0.3) is 0 Å². The summed E-state index contributed by atoms with van der Waals surface area (Å²) in [6, 6.07) is 12.2. The SMILES string of the molecule is COCCNc1ccc(C(=O)NCc2cccc(N(C)C)c2)cc1[N+](=O)[O-]. The van der Waals surface area contributed by atoms with E-state index in [1.54, 1.807) is 13.2 Å². The van der Waals surface area contributed by atoms with Crippen molar-refractivity contribution in [1.29, 1.82) is 0 Å². The molecule has 0 aliphatic carbocycles. The normalized spacial score (nSPS) is 10.3. The third-order valence-corrected chi connectivity index (χ3v) is 3.96. The molecule has 0 heterocycles. The van der Waals surface area contributed by atoms with Crippen molar-refractivity contribution in [3.05, 3.63) is 63.7 Å². The molecule has 0 saturated heterocycles. The van der Waals surface area contributed by atoms with Gasteiger partial charge >= 0.3 is 0 Å². The summed E-state index contributed by atoms with van der Waals surface area (Å²) in [5.41, 5.74) is 2.43. The van der Waals surface area contributed by atoms with Gasteiger partial charge in [0.05, 0.1) is 11.5 Å². The lowest BCUT2D eigenvalue weighted by Crippen LogP contribution is -2.23. The number of amides is 1. The van der Waals surface area contributed by atoms with Gasteiger partial charge in [0.2, 0.25) is 0 Å². The van der Waals surface area contributed by atoms with Crippen molar-refractivity contribution in [2.75, 3.05) is 44.6 Å². The minimum absolute atomic E-state index is 0.145. The quantitative estimate of drug-likeness (QED) is 0.399. The molecule has 2 rings (SSSR count). The third kappa shape index (κ3) is 5.68. The molecule has 0 aliphatic rings. The molecular weight excluding hydrogens is 348 g/mol. The average molecular weight is 372 g/mol. The van der Waals surface area contributed by atoms with Crippen molar-refractivity contribution in [3.8, 4) is 0 Å². The smallest absolute Gasteiger partial charge is 0.293 e. The number of hydrogen-bond donors (Lipinski definition) is 2. The molecule has 0 unspecified atom stereocenters. The second-order valence-electron chi connectivity index (χ2n) is 6.16. The number of nitro groups is 1. The third-order valence-electron chi connectivity index (χ3n) is 3.96. The molecule has 0 aromatic heterocycles. The summed E-state index contributed by atoms with van der Waals surface area (Å²) < 4.78 is 4.92. The first-order chi connectivity index (χ1) is 12.9. The van der Waals surface area contributed by atoms with Crippen LogP contribution in [0.5, 0.6) is 0 Å². The fourth-order valence-electron chi connectivity index (χ4n) is 2.49. The van der Waals surface area contributed by atoms with Crippen LogP contribution in [0.1, 0.15) is 15.9 Å². The molecule has 27 heavy (non-hydrogen) atoms. The average Bonchev–Trinajstić information content (AvgIpc) is 2.66. The number of nitro benzene ring substituents is 1. The number of methoxy groups -OCH3 is 1. The molecule has 1 amide bonds. The van der Waals surface area contributed by atoms with E-state index in [-0.39, 0.29) is 17.2 Å². The number of nitrogens with zero attached hydrogens (tertiary/aromatic N) is 2. The molecule has 8 heteroatoms. The van der Waals surface area contributed by atoms with E-state index >= 15 is 0 Å². The van der Waals surface area contributed by atoms with Gasteiger partial charge < -0.3 is 20.3 Å². The van der Waals surface area contributed by atoms with Crippen LogP contribution >= 0.6 is 0 Å². The summed E-state index contributed by atoms with van der Waals surface area (Å²) in [5, 5.41) is 17.0. The van der Waals surface area contributed by atoms with E-state index in [1.165, 1.54) is 12.1 Å². The second-order valence-corrected chi connectivity index (χ2v) is 6.16. The highest BCUT2D eigenvalue weighted by Crippen LogP contribution is 2.25. The van der Waals surface area contributed by atoms with E-state index in [1.807, 2.05) is 43.3 Å². The van der Waals surface area contributed by atoms with Gasteiger partial charge in [-0.2, -0.15) is 0 Å². The van der Waals surface area contributed by atoms with Crippen molar-refractivity contribution < 1.29 is 14.5 Å². The minimum atomic E-state index is -0.507. The van der Waals surface area contributed by atoms with Crippen LogP contribution in [0.4, 0.5) is 17.1 Å². The topological polar surface area (TPSA) is 96.7 Å². The maximum Gasteiger partial charge on any atom is 0.293 e. The van der Waals surface area contributed by atoms with E-state index in [2.05, 4.69) is 10.6 Å². The Morgan fingerprint density at radius 1 is 1.22 bits per heavy atom. The minimum Gasteiger partial charge on any atom is -0.383 e. The first kappa shape index (κ1) is 20.2. The van der Waals surface area contributed by atoms with Crippen molar-refractivity contribution in [3.63, 3.8) is 0 Å². The molecule has 8 nitrogen and oxygen atoms in total. The Kier molecular flexibility index (Phi) is 7.13. The van der Waals surface area contributed by atoms with E-state index in [0.29, 0.717) is 25.4 Å². The zero-order chi connectivity index (χ0) is 19.8. The van der Waals surface area contributed by atoms with Crippen LogP contribution in [0.3, 0.4) is 0 Å². The van der Waals surface area contributed by atoms with Gasteiger partial charge in [0.15, 0.2) is 0 Å². The number of anilines is 2. The van der Waals surface area contributed by atoms with Crippen LogP contribution in [-0.2, 0) is 11.3 Å². The Hall–Kier alpha value is -3.13. The maximum absolute atomic E-state index is 12.4. The summed E-state index contributed by atoms with van der Waals surface area (Å²) >= 11 is 0. The first-order valence-corrected chi connectivity index (χ1v) is 8.48. The van der Waals surface area contributed by atoms with Gasteiger partial charge in [-0.15, -0.1) is 0 Å². The van der Waals surface area contributed by atoms with Crippen molar-refractivity contribution >= 4 is 23.0 Å². The number of benzene rings is 2. The van der Waals surface area contributed by atoms with E-state index in [9.17, 15) is 14.9 Å². The molecule has 0 atom stereocenters. The standard InChI is InChI=1S/C19H24N4O4/c1-22(2)16-6-4-5-14(11-16)13-21-19(24)15-7-8-17(20-9-10-27-3)18(12-15)23(25)26/h4-8,11-12,20H,9-10,13H2,1-3H3,(H,21,24). The van der Waals surface area contributed by atoms with Crippen LogP contribution < -0.4 is 15.5 Å². The van der Waals surface area contributed by atoms with Crippen molar-refractivity contribution in [2.45, 2.75) is 6.54 Å². The summed E-state index contributed by atoms with van der Waals surface area (Å²) in [7, 11) is 5.44. The largest absolute Gasteiger partial charge is 0.383 e. The molecule has 0 aliphatic heterocycles. The summed E-state index contributed by atoms with van der Waals surface area (Å²) in [6.07, 6.45) is 0. The van der Waals surface area contributed by atoms with Crippen LogP contribution in [0.15, 0.2) is 42.5 Å². The number of hydrogen-bond acceptors (Lipinski definition) is 6. The monoisotopic (exact) mass is 372 g/mol. The summed E-state index contributed by atoms with van der Waals surface area (Å²) in [5.74, 6) is -0.364. The zero-order valence-corrected chi connectivity index (χ0v) is 15.7. The second kappa shape index (κ2) is 9.54. The molecule has 0 spiro atoms. The highest BCUT2D eigenvalue weighted by atomic mass is 16.6. The van der Waals surface area contributed by atoms with E-state index < -0.39 is 4.92 Å². The molecule has 2 N–H and O–H groups in total. The van der Waals surface area contributed by atoms with Gasteiger partial charge in [-0.05, 0) is 29.8 Å². The van der Waals surface area contributed by atoms with Gasteiger partial charge in [0, 0.05) is 51.6 Å². The molecule has 0 radical (unpaired) electrons. The molecule has 144 valence electrons. The summed E-state index contributed by atoms with van der Waals surface area (Å²) in [6.45, 7) is 1.19. The van der Waals surface area contributed by atoms with Crippen LogP contribution in [0, 0.1) is 10.1 Å². The molecule has 2 aromatic rings. The summed E-state index contributed by atoms with van der Waals surface area (Å²) in [4.78, 5) is 25.2. The Balaban J connectivity index is 2.08. The van der Waals surface area contributed by atoms with Gasteiger partial charge in [-0.3, -0.25) is 14.9 Å². The molecular formula is C19H24N4O4.